The Morgan fingerprint density at radius 2 is 2.50 bits per heavy atom. The van der Waals surface area contributed by atoms with Crippen LogP contribution in [0.4, 0.5) is 5.13 Å². The Hall–Kier alpha value is -0.940. The zero-order chi connectivity index (χ0) is 9.97. The van der Waals surface area contributed by atoms with Crippen LogP contribution in [0.15, 0.2) is 11.6 Å². The molecule has 2 unspecified atom stereocenters. The Bertz CT molecular complexity index is 312. The molecule has 0 bridgehead atoms. The monoisotopic (exact) mass is 211 g/mol. The van der Waals surface area contributed by atoms with E-state index in [1.807, 2.05) is 5.38 Å². The first kappa shape index (κ1) is 9.61. The van der Waals surface area contributed by atoms with Gasteiger partial charge in [0.1, 0.15) is 0 Å². The first-order valence-corrected chi connectivity index (χ1v) is 5.61. The number of carbonyl (C=O) groups excluding carboxylic acids is 1. The Kier molecular flexibility index (Phi) is 2.79. The maximum absolute atomic E-state index is 11.7. The third-order valence-corrected chi connectivity index (χ3v) is 3.26. The first-order chi connectivity index (χ1) is 6.77. The van der Waals surface area contributed by atoms with Crippen LogP contribution in [0.2, 0.25) is 0 Å². The van der Waals surface area contributed by atoms with Crippen LogP contribution in [-0.2, 0) is 4.79 Å². The minimum Gasteiger partial charge on any atom is -0.327 e. The Morgan fingerprint density at radius 3 is 3.07 bits per heavy atom. The van der Waals surface area contributed by atoms with Gasteiger partial charge in [0, 0.05) is 17.6 Å². The maximum Gasteiger partial charge on any atom is 0.230 e. The molecule has 1 heterocycles. The van der Waals surface area contributed by atoms with Crippen molar-refractivity contribution < 1.29 is 4.79 Å². The summed E-state index contributed by atoms with van der Waals surface area (Å²) in [7, 11) is 0. The van der Waals surface area contributed by atoms with E-state index in [4.69, 9.17) is 5.73 Å². The number of nitrogens with one attached hydrogen (secondary N) is 1. The highest BCUT2D eigenvalue weighted by Crippen LogP contribution is 2.25. The van der Waals surface area contributed by atoms with Gasteiger partial charge < -0.3 is 11.1 Å². The number of nitrogens with two attached hydrogens (primary N) is 1. The summed E-state index contributed by atoms with van der Waals surface area (Å²) in [4.78, 5) is 15.7. The molecule has 1 saturated carbocycles. The molecule has 4 nitrogen and oxygen atoms in total. The zero-order valence-corrected chi connectivity index (χ0v) is 8.59. The van der Waals surface area contributed by atoms with E-state index < -0.39 is 0 Å². The van der Waals surface area contributed by atoms with Crippen molar-refractivity contribution in [3.63, 3.8) is 0 Å². The van der Waals surface area contributed by atoms with Gasteiger partial charge in [0.25, 0.3) is 0 Å². The van der Waals surface area contributed by atoms with Crippen molar-refractivity contribution in [1.29, 1.82) is 0 Å². The SMILES string of the molecule is NC1CCCC1C(=O)Nc1nccs1. The molecule has 1 aromatic rings. The smallest absolute Gasteiger partial charge is 0.230 e. The lowest BCUT2D eigenvalue weighted by atomic mass is 10.0. The Balaban J connectivity index is 1.95. The van der Waals surface area contributed by atoms with E-state index in [0.717, 1.165) is 19.3 Å². The molecule has 1 fully saturated rings. The molecule has 1 aliphatic carbocycles. The summed E-state index contributed by atoms with van der Waals surface area (Å²) < 4.78 is 0. The fraction of sp³-hybridized carbons (Fsp3) is 0.556. The van der Waals surface area contributed by atoms with Gasteiger partial charge in [-0.3, -0.25) is 4.79 Å². The molecule has 2 atom stereocenters. The third kappa shape index (κ3) is 1.93. The van der Waals surface area contributed by atoms with Crippen LogP contribution >= 0.6 is 11.3 Å². The second kappa shape index (κ2) is 4.06. The van der Waals surface area contributed by atoms with Gasteiger partial charge in [-0.25, -0.2) is 4.98 Å². The van der Waals surface area contributed by atoms with Gasteiger partial charge in [-0.15, -0.1) is 11.3 Å². The maximum atomic E-state index is 11.7. The summed E-state index contributed by atoms with van der Waals surface area (Å²) in [5.41, 5.74) is 5.83. The number of rotatable bonds is 2. The predicted octanol–water partition coefficient (Wildman–Crippen LogP) is 1.21. The van der Waals surface area contributed by atoms with Crippen LogP contribution in [0.5, 0.6) is 0 Å². The lowest BCUT2D eigenvalue weighted by molar-refractivity contribution is -0.120. The van der Waals surface area contributed by atoms with E-state index in [1.54, 1.807) is 6.20 Å². The topological polar surface area (TPSA) is 68.0 Å². The summed E-state index contributed by atoms with van der Waals surface area (Å²) in [6.45, 7) is 0. The molecule has 1 aromatic heterocycles. The van der Waals surface area contributed by atoms with E-state index in [-0.39, 0.29) is 17.9 Å². The molecule has 1 aliphatic rings. The number of amides is 1. The fourth-order valence-electron chi connectivity index (χ4n) is 1.80. The van der Waals surface area contributed by atoms with E-state index in [1.165, 1.54) is 11.3 Å². The molecule has 0 aromatic carbocycles. The predicted molar refractivity (Wildman–Crippen MR) is 56.1 cm³/mol. The van der Waals surface area contributed by atoms with Crippen LogP contribution in [0, 0.1) is 5.92 Å². The van der Waals surface area contributed by atoms with Gasteiger partial charge in [0.2, 0.25) is 5.91 Å². The number of hydrogen-bond donors (Lipinski definition) is 2. The molecule has 3 N–H and O–H groups in total. The zero-order valence-electron chi connectivity index (χ0n) is 7.77. The Labute approximate surface area is 86.5 Å². The molecule has 0 spiro atoms. The van der Waals surface area contributed by atoms with E-state index in [9.17, 15) is 4.79 Å². The van der Waals surface area contributed by atoms with E-state index in [0.29, 0.717) is 5.13 Å². The fourth-order valence-corrected chi connectivity index (χ4v) is 2.33. The molecular formula is C9H13N3OS. The average Bonchev–Trinajstić information content (AvgIpc) is 2.75. The largest absolute Gasteiger partial charge is 0.327 e. The third-order valence-electron chi connectivity index (χ3n) is 2.57. The molecule has 0 aliphatic heterocycles. The number of anilines is 1. The summed E-state index contributed by atoms with van der Waals surface area (Å²) in [6.07, 6.45) is 4.58. The second-order valence-corrected chi connectivity index (χ2v) is 4.42. The standard InChI is InChI=1S/C9H13N3OS/c10-7-3-1-2-6(7)8(13)12-9-11-4-5-14-9/h4-7H,1-3,10H2,(H,11,12,13). The number of carbonyl (C=O) groups is 1. The van der Waals surface area contributed by atoms with E-state index in [2.05, 4.69) is 10.3 Å². The number of nitrogens with zero attached hydrogens (tertiary/aromatic N) is 1. The van der Waals surface area contributed by atoms with Crippen LogP contribution in [-0.4, -0.2) is 16.9 Å². The molecule has 0 saturated heterocycles. The van der Waals surface area contributed by atoms with E-state index >= 15 is 0 Å². The van der Waals surface area contributed by atoms with Gasteiger partial charge in [-0.2, -0.15) is 0 Å². The quantitative estimate of drug-likeness (QED) is 0.772. The van der Waals surface area contributed by atoms with Crippen molar-refractivity contribution in [3.05, 3.63) is 11.6 Å². The highest BCUT2D eigenvalue weighted by molar-refractivity contribution is 7.13. The van der Waals surface area contributed by atoms with Gasteiger partial charge >= 0.3 is 0 Å². The normalized spacial score (nSPS) is 26.4. The summed E-state index contributed by atoms with van der Waals surface area (Å²) >= 11 is 1.43. The van der Waals surface area contributed by atoms with Crippen molar-refractivity contribution in [3.8, 4) is 0 Å². The van der Waals surface area contributed by atoms with Crippen molar-refractivity contribution in [2.75, 3.05) is 5.32 Å². The van der Waals surface area contributed by atoms with Crippen LogP contribution in [0.25, 0.3) is 0 Å². The van der Waals surface area contributed by atoms with Gasteiger partial charge in [0.05, 0.1) is 5.92 Å². The first-order valence-electron chi connectivity index (χ1n) is 4.73. The lowest BCUT2D eigenvalue weighted by Crippen LogP contribution is -2.34. The molecule has 5 heteroatoms. The summed E-state index contributed by atoms with van der Waals surface area (Å²) in [6, 6.07) is 0.0231. The number of thiazole rings is 1. The molecule has 0 radical (unpaired) electrons. The van der Waals surface area contributed by atoms with Gasteiger partial charge in [-0.1, -0.05) is 6.42 Å². The minimum atomic E-state index is -0.0288. The van der Waals surface area contributed by atoms with Crippen molar-refractivity contribution in [1.82, 2.24) is 4.98 Å². The van der Waals surface area contributed by atoms with Gasteiger partial charge in [0.15, 0.2) is 5.13 Å². The second-order valence-electron chi connectivity index (χ2n) is 3.53. The molecule has 1 amide bonds. The van der Waals surface area contributed by atoms with Crippen LogP contribution < -0.4 is 11.1 Å². The molecule has 76 valence electrons. The number of aromatic nitrogens is 1. The van der Waals surface area contributed by atoms with Crippen molar-refractivity contribution in [2.24, 2.45) is 11.7 Å². The summed E-state index contributed by atoms with van der Waals surface area (Å²) in [5.74, 6) is -0.0103. The highest BCUT2D eigenvalue weighted by atomic mass is 32.1. The lowest BCUT2D eigenvalue weighted by Gasteiger charge is -2.13. The minimum absolute atomic E-state index is 0.0185. The molecule has 2 rings (SSSR count). The number of hydrogen-bond acceptors (Lipinski definition) is 4. The molecular weight excluding hydrogens is 198 g/mol. The van der Waals surface area contributed by atoms with Crippen molar-refractivity contribution in [2.45, 2.75) is 25.3 Å². The average molecular weight is 211 g/mol. The Morgan fingerprint density at radius 1 is 1.64 bits per heavy atom. The highest BCUT2D eigenvalue weighted by Gasteiger charge is 2.30. The molecule has 14 heavy (non-hydrogen) atoms. The van der Waals surface area contributed by atoms with Crippen LogP contribution in [0.1, 0.15) is 19.3 Å². The van der Waals surface area contributed by atoms with Gasteiger partial charge in [-0.05, 0) is 12.8 Å². The summed E-state index contributed by atoms with van der Waals surface area (Å²) in [5, 5.41) is 5.28. The van der Waals surface area contributed by atoms with Crippen molar-refractivity contribution >= 4 is 22.4 Å². The van der Waals surface area contributed by atoms with Crippen LogP contribution in [0.3, 0.4) is 0 Å².